The molecule has 8 heteroatoms. The van der Waals surface area contributed by atoms with E-state index in [0.717, 1.165) is 16.0 Å². The summed E-state index contributed by atoms with van der Waals surface area (Å²) in [5.74, 6) is 2.42. The molecule has 0 N–H and O–H groups in total. The molecule has 0 spiro atoms. The van der Waals surface area contributed by atoms with Gasteiger partial charge in [-0.1, -0.05) is 11.3 Å². The molecule has 7 nitrogen and oxygen atoms in total. The summed E-state index contributed by atoms with van der Waals surface area (Å²) in [6, 6.07) is 14.5. The predicted octanol–water partition coefficient (Wildman–Crippen LogP) is 4.52. The van der Waals surface area contributed by atoms with E-state index >= 15 is 0 Å². The van der Waals surface area contributed by atoms with E-state index in [-0.39, 0.29) is 12.5 Å². The van der Waals surface area contributed by atoms with Gasteiger partial charge in [-0.3, -0.25) is 9.69 Å². The van der Waals surface area contributed by atoms with Crippen molar-refractivity contribution in [3.8, 4) is 17.2 Å². The molecule has 0 saturated heterocycles. The Morgan fingerprint density at radius 2 is 2.00 bits per heavy atom. The minimum atomic E-state index is -0.200. The Kier molecular flexibility index (Phi) is 4.76. The molecule has 0 bridgehead atoms. The molecule has 1 aliphatic heterocycles. The summed E-state index contributed by atoms with van der Waals surface area (Å²) in [7, 11) is 1.62. The van der Waals surface area contributed by atoms with Gasteiger partial charge in [-0.15, -0.1) is 0 Å². The van der Waals surface area contributed by atoms with Gasteiger partial charge in [0, 0.05) is 5.56 Å². The molecule has 0 unspecified atom stereocenters. The van der Waals surface area contributed by atoms with Gasteiger partial charge in [0.15, 0.2) is 16.6 Å². The Morgan fingerprint density at radius 3 is 2.80 bits per heavy atom. The number of anilines is 1. The van der Waals surface area contributed by atoms with Crippen LogP contribution in [0, 0.1) is 0 Å². The van der Waals surface area contributed by atoms with Crippen molar-refractivity contribution >= 4 is 32.6 Å². The monoisotopic (exact) mass is 422 g/mol. The van der Waals surface area contributed by atoms with Crippen molar-refractivity contribution < 1.29 is 23.4 Å². The standard InChI is InChI=1S/C22H18N2O5S/c1-26-15-5-6-17-20(12-15)30-22(23-17)24(13-16-3-2-8-27-16)21(25)14-4-7-18-19(11-14)29-10-9-28-18/h2-8,11-12H,9-10,13H2,1H3. The number of hydrogen-bond donors (Lipinski definition) is 0. The summed E-state index contributed by atoms with van der Waals surface area (Å²) >= 11 is 1.42. The number of rotatable bonds is 5. The number of carbonyl (C=O) groups is 1. The van der Waals surface area contributed by atoms with Crippen LogP contribution in [0.4, 0.5) is 5.13 Å². The van der Waals surface area contributed by atoms with E-state index in [2.05, 4.69) is 4.98 Å². The average Bonchev–Trinajstić information content (AvgIpc) is 3.45. The number of hydrogen-bond acceptors (Lipinski definition) is 7. The lowest BCUT2D eigenvalue weighted by atomic mass is 10.1. The number of ether oxygens (including phenoxy) is 3. The van der Waals surface area contributed by atoms with Gasteiger partial charge in [0.05, 0.1) is 30.1 Å². The number of aromatic nitrogens is 1. The summed E-state index contributed by atoms with van der Waals surface area (Å²) in [6.07, 6.45) is 1.59. The quantitative estimate of drug-likeness (QED) is 0.471. The van der Waals surface area contributed by atoms with Gasteiger partial charge in [-0.25, -0.2) is 4.98 Å². The third-order valence-corrected chi connectivity index (χ3v) is 5.78. The molecular formula is C22H18N2O5S. The first-order valence-corrected chi connectivity index (χ1v) is 10.2. The number of amides is 1. The molecule has 0 saturated carbocycles. The lowest BCUT2D eigenvalue weighted by molar-refractivity contribution is 0.0982. The van der Waals surface area contributed by atoms with Gasteiger partial charge < -0.3 is 18.6 Å². The largest absolute Gasteiger partial charge is 0.497 e. The summed E-state index contributed by atoms with van der Waals surface area (Å²) in [5.41, 5.74) is 1.29. The molecule has 30 heavy (non-hydrogen) atoms. The Hall–Kier alpha value is -3.52. The normalized spacial score (nSPS) is 12.7. The number of furan rings is 1. The van der Waals surface area contributed by atoms with Crippen LogP contribution in [0.25, 0.3) is 10.2 Å². The van der Waals surface area contributed by atoms with Crippen LogP contribution < -0.4 is 19.1 Å². The van der Waals surface area contributed by atoms with E-state index in [1.807, 2.05) is 24.3 Å². The maximum Gasteiger partial charge on any atom is 0.260 e. The molecule has 0 radical (unpaired) electrons. The Labute approximate surface area is 176 Å². The molecule has 0 aliphatic carbocycles. The number of benzene rings is 2. The summed E-state index contributed by atoms with van der Waals surface area (Å²) < 4.78 is 22.9. The van der Waals surface area contributed by atoms with Crippen molar-refractivity contribution in [2.75, 3.05) is 25.2 Å². The Morgan fingerprint density at radius 1 is 1.13 bits per heavy atom. The van der Waals surface area contributed by atoms with Gasteiger partial charge in [0.25, 0.3) is 5.91 Å². The molecule has 2 aromatic heterocycles. The van der Waals surface area contributed by atoms with E-state index in [1.54, 1.807) is 42.5 Å². The molecule has 1 amide bonds. The number of nitrogens with zero attached hydrogens (tertiary/aromatic N) is 2. The molecule has 152 valence electrons. The number of fused-ring (bicyclic) bond motifs is 2. The molecule has 2 aromatic carbocycles. The van der Waals surface area contributed by atoms with Gasteiger partial charge in [0.1, 0.15) is 24.7 Å². The molecule has 1 aliphatic rings. The minimum absolute atomic E-state index is 0.200. The van der Waals surface area contributed by atoms with E-state index in [9.17, 15) is 4.79 Å². The zero-order chi connectivity index (χ0) is 20.5. The highest BCUT2D eigenvalue weighted by Gasteiger charge is 2.24. The first-order valence-electron chi connectivity index (χ1n) is 9.40. The fraction of sp³-hybridized carbons (Fsp3) is 0.182. The fourth-order valence-corrected chi connectivity index (χ4v) is 4.24. The van der Waals surface area contributed by atoms with Gasteiger partial charge in [-0.2, -0.15) is 0 Å². The van der Waals surface area contributed by atoms with Crippen molar-refractivity contribution in [2.45, 2.75) is 6.54 Å². The fourth-order valence-electron chi connectivity index (χ4n) is 3.25. The Balaban J connectivity index is 1.54. The van der Waals surface area contributed by atoms with E-state index < -0.39 is 0 Å². The number of carbonyl (C=O) groups excluding carboxylic acids is 1. The summed E-state index contributed by atoms with van der Waals surface area (Å²) in [5, 5.41) is 0.578. The van der Waals surface area contributed by atoms with Crippen molar-refractivity contribution in [1.29, 1.82) is 0 Å². The molecule has 0 atom stereocenters. The first kappa shape index (κ1) is 18.5. The highest BCUT2D eigenvalue weighted by Crippen LogP contribution is 2.35. The van der Waals surface area contributed by atoms with Crippen LogP contribution in [0.2, 0.25) is 0 Å². The molecule has 3 heterocycles. The second-order valence-electron chi connectivity index (χ2n) is 6.66. The van der Waals surface area contributed by atoms with Gasteiger partial charge in [-0.05, 0) is 48.5 Å². The van der Waals surface area contributed by atoms with Gasteiger partial charge >= 0.3 is 0 Å². The predicted molar refractivity (Wildman–Crippen MR) is 113 cm³/mol. The van der Waals surface area contributed by atoms with Crippen LogP contribution >= 0.6 is 11.3 Å². The Bertz CT molecular complexity index is 1200. The van der Waals surface area contributed by atoms with Gasteiger partial charge in [0.2, 0.25) is 0 Å². The molecule has 5 rings (SSSR count). The zero-order valence-electron chi connectivity index (χ0n) is 16.2. The van der Waals surface area contributed by atoms with Crippen LogP contribution in [0.15, 0.2) is 59.2 Å². The van der Waals surface area contributed by atoms with Crippen LogP contribution in [0.5, 0.6) is 17.2 Å². The van der Waals surface area contributed by atoms with Crippen LogP contribution in [-0.4, -0.2) is 31.2 Å². The highest BCUT2D eigenvalue weighted by molar-refractivity contribution is 7.22. The first-order chi connectivity index (χ1) is 14.7. The van der Waals surface area contributed by atoms with Crippen LogP contribution in [0.3, 0.4) is 0 Å². The maximum absolute atomic E-state index is 13.5. The third kappa shape index (κ3) is 3.46. The topological polar surface area (TPSA) is 74.0 Å². The van der Waals surface area contributed by atoms with Crippen LogP contribution in [-0.2, 0) is 6.54 Å². The summed E-state index contributed by atoms with van der Waals surface area (Å²) in [6.45, 7) is 1.22. The van der Waals surface area contributed by atoms with Crippen molar-refractivity contribution in [1.82, 2.24) is 4.98 Å². The highest BCUT2D eigenvalue weighted by atomic mass is 32.1. The van der Waals surface area contributed by atoms with Crippen molar-refractivity contribution in [2.24, 2.45) is 0 Å². The summed E-state index contributed by atoms with van der Waals surface area (Å²) in [4.78, 5) is 19.8. The van der Waals surface area contributed by atoms with Crippen molar-refractivity contribution in [3.05, 3.63) is 66.1 Å². The zero-order valence-corrected chi connectivity index (χ0v) is 17.0. The second kappa shape index (κ2) is 7.72. The maximum atomic E-state index is 13.5. The molecule has 4 aromatic rings. The molecule has 0 fully saturated rings. The van der Waals surface area contributed by atoms with E-state index in [0.29, 0.717) is 41.2 Å². The van der Waals surface area contributed by atoms with Crippen molar-refractivity contribution in [3.63, 3.8) is 0 Å². The van der Waals surface area contributed by atoms with E-state index in [1.165, 1.54) is 11.3 Å². The number of methoxy groups -OCH3 is 1. The second-order valence-corrected chi connectivity index (χ2v) is 7.67. The molecular weight excluding hydrogens is 404 g/mol. The average molecular weight is 422 g/mol. The third-order valence-electron chi connectivity index (χ3n) is 4.74. The lowest BCUT2D eigenvalue weighted by Gasteiger charge is -2.21. The SMILES string of the molecule is COc1ccc2nc(N(Cc3ccco3)C(=O)c3ccc4c(c3)OCCO4)sc2c1. The smallest absolute Gasteiger partial charge is 0.260 e. The minimum Gasteiger partial charge on any atom is -0.497 e. The number of thiazole rings is 1. The van der Waals surface area contributed by atoms with Crippen LogP contribution in [0.1, 0.15) is 16.1 Å². The lowest BCUT2D eigenvalue weighted by Crippen LogP contribution is -2.30. The van der Waals surface area contributed by atoms with E-state index in [4.69, 9.17) is 18.6 Å².